The van der Waals surface area contributed by atoms with Crippen molar-refractivity contribution < 1.29 is 4.21 Å². The highest BCUT2D eigenvalue weighted by Crippen LogP contribution is 2.29. The fourth-order valence-electron chi connectivity index (χ4n) is 2.16. The van der Waals surface area contributed by atoms with E-state index in [-0.39, 0.29) is 4.75 Å². The lowest BCUT2D eigenvalue weighted by Gasteiger charge is -2.25. The van der Waals surface area contributed by atoms with Gasteiger partial charge in [-0.1, -0.05) is 45.0 Å². The summed E-state index contributed by atoms with van der Waals surface area (Å²) < 4.78 is 11.2. The van der Waals surface area contributed by atoms with Gasteiger partial charge in [-0.05, 0) is 43.2 Å². The van der Waals surface area contributed by atoms with Crippen LogP contribution in [0.5, 0.6) is 0 Å². The standard InChI is InChI=1S/C15H25NOS/c1-11(2)13-7-6-8-14(9-13)12(3)10-15(4,5)18(16)17/h6-9,11-12H,10,16H2,1-5H3/t12-,18?/m0/s1. The number of benzene rings is 1. The fraction of sp³-hybridized carbons (Fsp3) is 0.600. The number of hydrogen-bond acceptors (Lipinski definition) is 1. The predicted octanol–water partition coefficient (Wildman–Crippen LogP) is 3.70. The van der Waals surface area contributed by atoms with Crippen molar-refractivity contribution in [2.45, 2.75) is 57.6 Å². The highest BCUT2D eigenvalue weighted by atomic mass is 32.2. The van der Waals surface area contributed by atoms with Crippen molar-refractivity contribution in [3.63, 3.8) is 0 Å². The zero-order valence-corrected chi connectivity index (χ0v) is 12.9. The van der Waals surface area contributed by atoms with E-state index in [0.29, 0.717) is 11.8 Å². The Hall–Kier alpha value is -0.670. The third-order valence-corrected chi connectivity index (χ3v) is 4.74. The van der Waals surface area contributed by atoms with E-state index in [1.807, 2.05) is 13.8 Å². The lowest BCUT2D eigenvalue weighted by atomic mass is 9.89. The molecule has 0 bridgehead atoms. The molecule has 2 atom stereocenters. The van der Waals surface area contributed by atoms with Gasteiger partial charge in [0.25, 0.3) is 0 Å². The largest absolute Gasteiger partial charge is 0.251 e. The third-order valence-electron chi connectivity index (χ3n) is 3.49. The molecule has 0 aliphatic carbocycles. The average Bonchev–Trinajstić information content (AvgIpc) is 2.28. The summed E-state index contributed by atoms with van der Waals surface area (Å²) in [7, 11) is -1.28. The summed E-state index contributed by atoms with van der Waals surface area (Å²) >= 11 is 0. The lowest BCUT2D eigenvalue weighted by molar-refractivity contribution is 0.540. The van der Waals surface area contributed by atoms with Gasteiger partial charge in [0.15, 0.2) is 0 Å². The minimum Gasteiger partial charge on any atom is -0.251 e. The molecule has 0 radical (unpaired) electrons. The first-order valence-corrected chi connectivity index (χ1v) is 7.71. The smallest absolute Gasteiger partial charge is 0.0945 e. The third kappa shape index (κ3) is 3.92. The van der Waals surface area contributed by atoms with Crippen LogP contribution in [0.4, 0.5) is 0 Å². The molecule has 0 aliphatic heterocycles. The minimum atomic E-state index is -1.28. The van der Waals surface area contributed by atoms with E-state index in [4.69, 9.17) is 5.14 Å². The van der Waals surface area contributed by atoms with E-state index >= 15 is 0 Å². The number of hydrogen-bond donors (Lipinski definition) is 1. The first kappa shape index (κ1) is 15.4. The molecule has 0 aromatic heterocycles. The molecule has 0 amide bonds. The second-order valence-corrected chi connectivity index (χ2v) is 7.69. The molecule has 2 nitrogen and oxygen atoms in total. The van der Waals surface area contributed by atoms with Crippen LogP contribution < -0.4 is 5.14 Å². The van der Waals surface area contributed by atoms with E-state index in [0.717, 1.165) is 6.42 Å². The van der Waals surface area contributed by atoms with Gasteiger partial charge in [-0.2, -0.15) is 0 Å². The Kier molecular flexibility index (Phi) is 5.11. The Morgan fingerprint density at radius 1 is 1.22 bits per heavy atom. The fourth-order valence-corrected chi connectivity index (χ4v) is 2.58. The quantitative estimate of drug-likeness (QED) is 0.868. The Morgan fingerprint density at radius 3 is 2.28 bits per heavy atom. The van der Waals surface area contributed by atoms with Gasteiger partial charge in [0, 0.05) is 0 Å². The minimum absolute atomic E-state index is 0.340. The number of rotatable bonds is 5. The van der Waals surface area contributed by atoms with Gasteiger partial charge in [-0.25, -0.2) is 4.21 Å². The predicted molar refractivity (Wildman–Crippen MR) is 80.0 cm³/mol. The van der Waals surface area contributed by atoms with Gasteiger partial charge in [-0.15, -0.1) is 0 Å². The van der Waals surface area contributed by atoms with Crippen molar-refractivity contribution >= 4 is 11.0 Å². The first-order chi connectivity index (χ1) is 8.24. The van der Waals surface area contributed by atoms with Gasteiger partial charge in [0.05, 0.1) is 15.7 Å². The van der Waals surface area contributed by atoms with Gasteiger partial charge in [-0.3, -0.25) is 5.14 Å². The van der Waals surface area contributed by atoms with Crippen LogP contribution in [0.3, 0.4) is 0 Å². The van der Waals surface area contributed by atoms with Crippen LogP contribution in [0.15, 0.2) is 24.3 Å². The molecule has 3 heteroatoms. The summed E-state index contributed by atoms with van der Waals surface area (Å²) in [6, 6.07) is 8.66. The van der Waals surface area contributed by atoms with Crippen molar-refractivity contribution in [2.75, 3.05) is 0 Å². The number of nitrogens with two attached hydrogens (primary N) is 1. The van der Waals surface area contributed by atoms with E-state index in [1.165, 1.54) is 11.1 Å². The van der Waals surface area contributed by atoms with Gasteiger partial charge >= 0.3 is 0 Å². The molecule has 1 aromatic carbocycles. The van der Waals surface area contributed by atoms with E-state index in [9.17, 15) is 4.21 Å². The summed E-state index contributed by atoms with van der Waals surface area (Å²) in [6.45, 7) is 10.5. The van der Waals surface area contributed by atoms with E-state index in [1.54, 1.807) is 0 Å². The Labute approximate surface area is 114 Å². The Balaban J connectivity index is 2.88. The molecule has 0 spiro atoms. The summed E-state index contributed by atoms with van der Waals surface area (Å²) in [5.41, 5.74) is 2.66. The first-order valence-electron chi connectivity index (χ1n) is 6.50. The second kappa shape index (κ2) is 5.98. The Bertz CT molecular complexity index is 426. The monoisotopic (exact) mass is 267 g/mol. The van der Waals surface area contributed by atoms with Crippen LogP contribution >= 0.6 is 0 Å². The highest BCUT2D eigenvalue weighted by Gasteiger charge is 2.26. The summed E-state index contributed by atoms with van der Waals surface area (Å²) in [6.07, 6.45) is 0.831. The molecule has 1 aromatic rings. The highest BCUT2D eigenvalue weighted by molar-refractivity contribution is 7.84. The summed E-state index contributed by atoms with van der Waals surface area (Å²) in [5, 5.41) is 5.55. The molecular formula is C15H25NOS. The van der Waals surface area contributed by atoms with Crippen LogP contribution in [-0.4, -0.2) is 8.96 Å². The molecule has 0 aliphatic rings. The molecule has 1 rings (SSSR count). The second-order valence-electron chi connectivity index (χ2n) is 5.99. The van der Waals surface area contributed by atoms with Crippen molar-refractivity contribution in [1.82, 2.24) is 0 Å². The SMILES string of the molecule is CC(C)c1cccc([C@@H](C)CC(C)(C)S(N)=O)c1. The molecule has 1 unspecified atom stereocenters. The molecule has 0 fully saturated rings. The molecule has 18 heavy (non-hydrogen) atoms. The maximum absolute atomic E-state index is 11.5. The lowest BCUT2D eigenvalue weighted by Crippen LogP contribution is -2.33. The van der Waals surface area contributed by atoms with E-state index < -0.39 is 11.0 Å². The molecular weight excluding hydrogens is 242 g/mol. The van der Waals surface area contributed by atoms with Crippen molar-refractivity contribution in [3.8, 4) is 0 Å². The Morgan fingerprint density at radius 2 is 1.78 bits per heavy atom. The van der Waals surface area contributed by atoms with Crippen molar-refractivity contribution in [2.24, 2.45) is 5.14 Å². The van der Waals surface area contributed by atoms with Crippen LogP contribution in [0.1, 0.15) is 64.0 Å². The van der Waals surface area contributed by atoms with Crippen LogP contribution in [0.2, 0.25) is 0 Å². The maximum atomic E-state index is 11.5. The van der Waals surface area contributed by atoms with Crippen molar-refractivity contribution in [1.29, 1.82) is 0 Å². The summed E-state index contributed by atoms with van der Waals surface area (Å²) in [5.74, 6) is 0.903. The molecule has 102 valence electrons. The van der Waals surface area contributed by atoms with Gasteiger partial charge < -0.3 is 0 Å². The van der Waals surface area contributed by atoms with Gasteiger partial charge in [0.2, 0.25) is 0 Å². The van der Waals surface area contributed by atoms with Crippen LogP contribution in [0.25, 0.3) is 0 Å². The van der Waals surface area contributed by atoms with Crippen LogP contribution in [0, 0.1) is 0 Å². The van der Waals surface area contributed by atoms with Gasteiger partial charge in [0.1, 0.15) is 0 Å². The normalized spacial score (nSPS) is 15.7. The zero-order chi connectivity index (χ0) is 13.9. The molecule has 0 saturated heterocycles. The molecule has 0 heterocycles. The summed E-state index contributed by atoms with van der Waals surface area (Å²) in [4.78, 5) is 0. The van der Waals surface area contributed by atoms with E-state index in [2.05, 4.69) is 45.0 Å². The zero-order valence-electron chi connectivity index (χ0n) is 12.1. The average molecular weight is 267 g/mol. The maximum Gasteiger partial charge on any atom is 0.0945 e. The van der Waals surface area contributed by atoms with Crippen molar-refractivity contribution in [3.05, 3.63) is 35.4 Å². The topological polar surface area (TPSA) is 43.1 Å². The van der Waals surface area contributed by atoms with Crippen LogP contribution in [-0.2, 0) is 11.0 Å². The molecule has 0 saturated carbocycles. The molecule has 2 N–H and O–H groups in total.